The van der Waals surface area contributed by atoms with Crippen molar-refractivity contribution in [2.75, 3.05) is 0 Å². The molecule has 4 atom stereocenters. The van der Waals surface area contributed by atoms with Crippen molar-refractivity contribution in [1.29, 1.82) is 0 Å². The van der Waals surface area contributed by atoms with Crippen molar-refractivity contribution < 1.29 is 0 Å². The highest BCUT2D eigenvalue weighted by molar-refractivity contribution is 9.09. The van der Waals surface area contributed by atoms with E-state index in [0.717, 1.165) is 12.8 Å². The number of hydrogen-bond donors (Lipinski definition) is 0. The molecular formula is C10H14BrCl3. The fraction of sp³-hybridized carbons (Fsp3) is 0.800. The molecule has 1 aliphatic rings. The maximum absolute atomic E-state index is 6.38. The number of alkyl halides is 3. The van der Waals surface area contributed by atoms with Gasteiger partial charge in [-0.2, -0.15) is 0 Å². The summed E-state index contributed by atoms with van der Waals surface area (Å²) in [5.41, 5.74) is 1.55. The van der Waals surface area contributed by atoms with Crippen LogP contribution in [0.3, 0.4) is 0 Å². The number of rotatable bonds is 1. The fourth-order valence-electron chi connectivity index (χ4n) is 1.97. The molecule has 0 spiro atoms. The topological polar surface area (TPSA) is 0 Å². The summed E-state index contributed by atoms with van der Waals surface area (Å²) >= 11 is 21.9. The maximum atomic E-state index is 6.38. The molecule has 0 saturated heterocycles. The molecule has 0 nitrogen and oxygen atoms in total. The van der Waals surface area contributed by atoms with E-state index in [2.05, 4.69) is 22.9 Å². The first kappa shape index (κ1) is 13.2. The predicted molar refractivity (Wildman–Crippen MR) is 68.9 cm³/mol. The van der Waals surface area contributed by atoms with Gasteiger partial charge in [0, 0.05) is 15.8 Å². The van der Waals surface area contributed by atoms with Gasteiger partial charge in [0.1, 0.15) is 0 Å². The van der Waals surface area contributed by atoms with Crippen LogP contribution in [0, 0.1) is 5.41 Å². The van der Waals surface area contributed by atoms with E-state index >= 15 is 0 Å². The summed E-state index contributed by atoms with van der Waals surface area (Å²) < 4.78 is 0. The zero-order valence-electron chi connectivity index (χ0n) is 8.24. The lowest BCUT2D eigenvalue weighted by molar-refractivity contribution is 0.260. The third-order valence-corrected chi connectivity index (χ3v) is 5.67. The van der Waals surface area contributed by atoms with Crippen molar-refractivity contribution in [1.82, 2.24) is 0 Å². The van der Waals surface area contributed by atoms with E-state index in [-0.39, 0.29) is 15.7 Å². The lowest BCUT2D eigenvalue weighted by Crippen LogP contribution is -2.46. The molecule has 0 aromatic carbocycles. The van der Waals surface area contributed by atoms with E-state index in [1.165, 1.54) is 0 Å². The van der Waals surface area contributed by atoms with Gasteiger partial charge in [-0.15, -0.1) is 23.2 Å². The summed E-state index contributed by atoms with van der Waals surface area (Å²) in [4.78, 5) is -0.0175. The van der Waals surface area contributed by atoms with Crippen LogP contribution in [0.15, 0.2) is 11.6 Å². The fourth-order valence-corrected chi connectivity index (χ4v) is 3.79. The predicted octanol–water partition coefficient (Wildman–Crippen LogP) is 4.91. The van der Waals surface area contributed by atoms with Gasteiger partial charge in [-0.25, -0.2) is 0 Å². The van der Waals surface area contributed by atoms with E-state index in [1.54, 1.807) is 5.54 Å². The SMILES string of the molecule is CC1(Cl)CC(C)(/C=C/Cl)C(Br)CC1Cl. The van der Waals surface area contributed by atoms with E-state index < -0.39 is 0 Å². The van der Waals surface area contributed by atoms with Crippen LogP contribution >= 0.6 is 50.7 Å². The summed E-state index contributed by atoms with van der Waals surface area (Å²) in [5.74, 6) is 0. The Bertz CT molecular complexity index is 240. The second kappa shape index (κ2) is 4.53. The molecule has 1 rings (SSSR count). The van der Waals surface area contributed by atoms with Crippen LogP contribution in [0.25, 0.3) is 0 Å². The van der Waals surface area contributed by atoms with Crippen LogP contribution < -0.4 is 0 Å². The monoisotopic (exact) mass is 318 g/mol. The Morgan fingerprint density at radius 1 is 1.43 bits per heavy atom. The first-order valence-electron chi connectivity index (χ1n) is 4.57. The standard InChI is InChI=1S/C10H14BrCl3/c1-9(3-4-12)6-10(2,14)8(13)5-7(9)11/h3-4,7-8H,5-6H2,1-2H3/b4-3+. The Morgan fingerprint density at radius 3 is 2.50 bits per heavy atom. The van der Waals surface area contributed by atoms with Crippen LogP contribution in [0.2, 0.25) is 0 Å². The van der Waals surface area contributed by atoms with E-state index in [9.17, 15) is 0 Å². The Morgan fingerprint density at radius 2 is 2.00 bits per heavy atom. The van der Waals surface area contributed by atoms with Gasteiger partial charge in [0.2, 0.25) is 0 Å². The zero-order chi connectivity index (χ0) is 11.0. The third kappa shape index (κ3) is 2.61. The highest BCUT2D eigenvalue weighted by Gasteiger charge is 2.47. The van der Waals surface area contributed by atoms with E-state index in [1.807, 2.05) is 13.0 Å². The molecule has 1 saturated carbocycles. The Labute approximate surface area is 109 Å². The number of hydrogen-bond acceptors (Lipinski definition) is 0. The quantitative estimate of drug-likeness (QED) is 0.602. The van der Waals surface area contributed by atoms with Gasteiger partial charge in [-0.3, -0.25) is 0 Å². The smallest absolute Gasteiger partial charge is 0.0590 e. The largest absolute Gasteiger partial charge is 0.121 e. The molecular weight excluding hydrogens is 306 g/mol. The van der Waals surface area contributed by atoms with Gasteiger partial charge in [0.15, 0.2) is 0 Å². The Hall–Kier alpha value is 1.09. The van der Waals surface area contributed by atoms with E-state index in [0.29, 0.717) is 4.83 Å². The minimum absolute atomic E-state index is 0.00495. The molecule has 1 aliphatic carbocycles. The van der Waals surface area contributed by atoms with Crippen molar-refractivity contribution in [3.8, 4) is 0 Å². The minimum atomic E-state index is -0.350. The highest BCUT2D eigenvalue weighted by atomic mass is 79.9. The van der Waals surface area contributed by atoms with Crippen LogP contribution in [0.5, 0.6) is 0 Å². The third-order valence-electron chi connectivity index (χ3n) is 2.95. The molecule has 0 radical (unpaired) electrons. The minimum Gasteiger partial charge on any atom is -0.121 e. The molecule has 14 heavy (non-hydrogen) atoms. The lowest BCUT2D eigenvalue weighted by Gasteiger charge is -2.46. The van der Waals surface area contributed by atoms with Crippen LogP contribution in [0.1, 0.15) is 26.7 Å². The molecule has 0 heterocycles. The highest BCUT2D eigenvalue weighted by Crippen LogP contribution is 2.50. The Kier molecular flexibility index (Phi) is 4.26. The Balaban J connectivity index is 2.89. The summed E-state index contributed by atoms with van der Waals surface area (Å²) in [6, 6.07) is 0. The molecule has 4 unspecified atom stereocenters. The first-order valence-corrected chi connectivity index (χ1v) is 6.73. The number of allylic oxidation sites excluding steroid dienone is 1. The summed E-state index contributed by atoms with van der Waals surface area (Å²) in [6.07, 6.45) is 3.69. The normalized spacial score (nSPS) is 49.9. The number of halogens is 4. The van der Waals surface area contributed by atoms with Gasteiger partial charge in [0.05, 0.1) is 10.3 Å². The van der Waals surface area contributed by atoms with Crippen molar-refractivity contribution in [2.45, 2.75) is 41.8 Å². The van der Waals surface area contributed by atoms with Crippen molar-refractivity contribution in [2.24, 2.45) is 5.41 Å². The molecule has 0 amide bonds. The zero-order valence-corrected chi connectivity index (χ0v) is 12.1. The lowest BCUT2D eigenvalue weighted by atomic mass is 9.71. The van der Waals surface area contributed by atoms with Crippen molar-refractivity contribution in [3.05, 3.63) is 11.6 Å². The second-order valence-electron chi connectivity index (χ2n) is 4.42. The molecule has 82 valence electrons. The van der Waals surface area contributed by atoms with Gasteiger partial charge in [-0.05, 0) is 19.8 Å². The first-order chi connectivity index (χ1) is 6.32. The van der Waals surface area contributed by atoms with Crippen LogP contribution in [0.4, 0.5) is 0 Å². The summed E-state index contributed by atoms with van der Waals surface area (Å²) in [7, 11) is 0. The summed E-state index contributed by atoms with van der Waals surface area (Å²) in [5, 5.41) is 0.00495. The molecule has 0 aliphatic heterocycles. The van der Waals surface area contributed by atoms with Gasteiger partial charge >= 0.3 is 0 Å². The van der Waals surface area contributed by atoms with Gasteiger partial charge in [-0.1, -0.05) is 40.5 Å². The average Bonchev–Trinajstić information content (AvgIpc) is 2.01. The molecule has 0 N–H and O–H groups in total. The van der Waals surface area contributed by atoms with Crippen LogP contribution in [-0.4, -0.2) is 15.1 Å². The summed E-state index contributed by atoms with van der Waals surface area (Å²) in [6.45, 7) is 4.14. The second-order valence-corrected chi connectivity index (χ2v) is 7.17. The molecule has 0 aromatic rings. The molecule has 0 aromatic heterocycles. The molecule has 1 fully saturated rings. The van der Waals surface area contributed by atoms with Crippen molar-refractivity contribution >= 4 is 50.7 Å². The van der Waals surface area contributed by atoms with Crippen molar-refractivity contribution in [3.63, 3.8) is 0 Å². The van der Waals surface area contributed by atoms with Gasteiger partial charge < -0.3 is 0 Å². The van der Waals surface area contributed by atoms with Crippen LogP contribution in [-0.2, 0) is 0 Å². The van der Waals surface area contributed by atoms with Gasteiger partial charge in [0.25, 0.3) is 0 Å². The molecule has 4 heteroatoms. The maximum Gasteiger partial charge on any atom is 0.0590 e. The van der Waals surface area contributed by atoms with E-state index in [4.69, 9.17) is 34.8 Å². The molecule has 0 bridgehead atoms. The average molecular weight is 320 g/mol.